The molecular formula is C18H20N2O3. The monoisotopic (exact) mass is 312 g/mol. The van der Waals surface area contributed by atoms with E-state index in [9.17, 15) is 4.79 Å². The highest BCUT2D eigenvalue weighted by atomic mass is 16.7. The Morgan fingerprint density at radius 2 is 1.83 bits per heavy atom. The van der Waals surface area contributed by atoms with E-state index < -0.39 is 0 Å². The Kier molecular flexibility index (Phi) is 4.10. The highest BCUT2D eigenvalue weighted by Gasteiger charge is 2.21. The van der Waals surface area contributed by atoms with E-state index >= 15 is 0 Å². The first-order valence-electron chi connectivity index (χ1n) is 7.55. The van der Waals surface area contributed by atoms with Gasteiger partial charge in [0.2, 0.25) is 6.79 Å². The van der Waals surface area contributed by atoms with Gasteiger partial charge in [0.05, 0.1) is 0 Å². The lowest BCUT2D eigenvalue weighted by molar-refractivity contribution is 0.174. The number of carbonyl (C=O) groups is 1. The van der Waals surface area contributed by atoms with Gasteiger partial charge in [0.15, 0.2) is 11.5 Å². The second-order valence-electron chi connectivity index (χ2n) is 6.13. The summed E-state index contributed by atoms with van der Waals surface area (Å²) < 4.78 is 10.5. The van der Waals surface area contributed by atoms with Gasteiger partial charge in [-0.05, 0) is 17.7 Å². The molecule has 0 aliphatic carbocycles. The summed E-state index contributed by atoms with van der Waals surface area (Å²) in [4.78, 5) is 12.1. The van der Waals surface area contributed by atoms with Crippen molar-refractivity contribution in [2.75, 3.05) is 18.7 Å². The number of ether oxygens (including phenoxy) is 2. The van der Waals surface area contributed by atoms with E-state index in [4.69, 9.17) is 9.47 Å². The van der Waals surface area contributed by atoms with Crippen molar-refractivity contribution in [3.8, 4) is 11.5 Å². The van der Waals surface area contributed by atoms with E-state index in [1.165, 1.54) is 5.56 Å². The summed E-state index contributed by atoms with van der Waals surface area (Å²) in [5.41, 5.74) is 1.71. The molecule has 1 aliphatic rings. The molecule has 0 aromatic heterocycles. The summed E-state index contributed by atoms with van der Waals surface area (Å²) in [6.45, 7) is 4.95. The number of nitrogens with one attached hydrogen (secondary N) is 2. The molecule has 5 nitrogen and oxygen atoms in total. The average molecular weight is 312 g/mol. The van der Waals surface area contributed by atoms with Gasteiger partial charge in [0.25, 0.3) is 0 Å². The van der Waals surface area contributed by atoms with Crippen LogP contribution in [0.5, 0.6) is 11.5 Å². The second-order valence-corrected chi connectivity index (χ2v) is 6.13. The van der Waals surface area contributed by atoms with Gasteiger partial charge in [0, 0.05) is 23.7 Å². The molecule has 0 spiro atoms. The lowest BCUT2D eigenvalue weighted by Crippen LogP contribution is -2.38. The third-order valence-electron chi connectivity index (χ3n) is 3.88. The normalized spacial score (nSPS) is 12.8. The topological polar surface area (TPSA) is 59.6 Å². The van der Waals surface area contributed by atoms with Crippen LogP contribution in [0.2, 0.25) is 0 Å². The van der Waals surface area contributed by atoms with Crippen molar-refractivity contribution in [1.82, 2.24) is 5.32 Å². The SMILES string of the molecule is CC(C)(CNC(=O)Nc1ccc2c(c1)OCO2)c1ccccc1. The van der Waals surface area contributed by atoms with E-state index in [0.29, 0.717) is 23.7 Å². The Morgan fingerprint density at radius 1 is 1.09 bits per heavy atom. The number of carbonyl (C=O) groups excluding carboxylic acids is 1. The van der Waals surface area contributed by atoms with Crippen LogP contribution in [-0.4, -0.2) is 19.4 Å². The molecule has 3 rings (SSSR count). The van der Waals surface area contributed by atoms with Crippen molar-refractivity contribution >= 4 is 11.7 Å². The first-order valence-corrected chi connectivity index (χ1v) is 7.55. The maximum atomic E-state index is 12.1. The summed E-state index contributed by atoms with van der Waals surface area (Å²) in [6, 6.07) is 15.2. The second kappa shape index (κ2) is 6.20. The Morgan fingerprint density at radius 3 is 2.61 bits per heavy atom. The van der Waals surface area contributed by atoms with Gasteiger partial charge in [-0.3, -0.25) is 0 Å². The van der Waals surface area contributed by atoms with Crippen LogP contribution in [0.3, 0.4) is 0 Å². The Bertz CT molecular complexity index is 699. The molecular weight excluding hydrogens is 292 g/mol. The minimum atomic E-state index is -0.243. The van der Waals surface area contributed by atoms with E-state index in [0.717, 1.165) is 0 Å². The number of rotatable bonds is 4. The van der Waals surface area contributed by atoms with Crippen LogP contribution >= 0.6 is 0 Å². The molecule has 0 radical (unpaired) electrons. The number of benzene rings is 2. The molecule has 0 bridgehead atoms. The van der Waals surface area contributed by atoms with Gasteiger partial charge in [-0.2, -0.15) is 0 Å². The van der Waals surface area contributed by atoms with Crippen molar-refractivity contribution in [2.24, 2.45) is 0 Å². The molecule has 2 aromatic rings. The average Bonchev–Trinajstić information content (AvgIpc) is 3.02. The number of anilines is 1. The zero-order valence-electron chi connectivity index (χ0n) is 13.3. The number of amides is 2. The molecule has 1 aliphatic heterocycles. The van der Waals surface area contributed by atoms with Crippen LogP contribution in [0.15, 0.2) is 48.5 Å². The molecule has 0 unspecified atom stereocenters. The summed E-state index contributed by atoms with van der Waals surface area (Å²) in [5.74, 6) is 1.34. The third-order valence-corrected chi connectivity index (χ3v) is 3.88. The number of hydrogen-bond donors (Lipinski definition) is 2. The van der Waals surface area contributed by atoms with Gasteiger partial charge < -0.3 is 20.1 Å². The Hall–Kier alpha value is -2.69. The quantitative estimate of drug-likeness (QED) is 0.908. The van der Waals surface area contributed by atoms with E-state index in [-0.39, 0.29) is 18.2 Å². The molecule has 1 heterocycles. The Labute approximate surface area is 135 Å². The van der Waals surface area contributed by atoms with Crippen LogP contribution in [0.4, 0.5) is 10.5 Å². The fourth-order valence-electron chi connectivity index (χ4n) is 2.44. The number of hydrogen-bond acceptors (Lipinski definition) is 3. The van der Waals surface area contributed by atoms with Gasteiger partial charge in [-0.25, -0.2) is 4.79 Å². The van der Waals surface area contributed by atoms with Crippen LogP contribution < -0.4 is 20.1 Å². The van der Waals surface area contributed by atoms with Crippen molar-refractivity contribution in [3.05, 3.63) is 54.1 Å². The van der Waals surface area contributed by atoms with Crippen molar-refractivity contribution in [3.63, 3.8) is 0 Å². The summed E-state index contributed by atoms with van der Waals surface area (Å²) in [7, 11) is 0. The first kappa shape index (κ1) is 15.2. The van der Waals surface area contributed by atoms with Gasteiger partial charge in [-0.15, -0.1) is 0 Å². The van der Waals surface area contributed by atoms with E-state index in [2.05, 4.69) is 36.6 Å². The third kappa shape index (κ3) is 3.56. The highest BCUT2D eigenvalue weighted by molar-refractivity contribution is 5.89. The van der Waals surface area contributed by atoms with Gasteiger partial charge in [-0.1, -0.05) is 44.2 Å². The van der Waals surface area contributed by atoms with Crippen LogP contribution in [-0.2, 0) is 5.41 Å². The van der Waals surface area contributed by atoms with Gasteiger partial charge >= 0.3 is 6.03 Å². The molecule has 2 amide bonds. The zero-order valence-corrected chi connectivity index (χ0v) is 13.3. The molecule has 0 saturated carbocycles. The minimum absolute atomic E-state index is 0.145. The van der Waals surface area contributed by atoms with Crippen molar-refractivity contribution in [2.45, 2.75) is 19.3 Å². The van der Waals surface area contributed by atoms with Gasteiger partial charge in [0.1, 0.15) is 0 Å². The molecule has 5 heteroatoms. The Balaban J connectivity index is 1.57. The van der Waals surface area contributed by atoms with E-state index in [1.807, 2.05) is 18.2 Å². The fraction of sp³-hybridized carbons (Fsp3) is 0.278. The summed E-state index contributed by atoms with van der Waals surface area (Å²) in [6.07, 6.45) is 0. The minimum Gasteiger partial charge on any atom is -0.454 e. The summed E-state index contributed by atoms with van der Waals surface area (Å²) >= 11 is 0. The maximum Gasteiger partial charge on any atom is 0.319 e. The van der Waals surface area contributed by atoms with Crippen LogP contribution in [0.25, 0.3) is 0 Å². The van der Waals surface area contributed by atoms with Crippen molar-refractivity contribution < 1.29 is 14.3 Å². The molecule has 0 saturated heterocycles. The molecule has 0 fully saturated rings. The molecule has 23 heavy (non-hydrogen) atoms. The molecule has 120 valence electrons. The lowest BCUT2D eigenvalue weighted by atomic mass is 9.85. The molecule has 2 N–H and O–H groups in total. The zero-order chi connectivity index (χ0) is 16.3. The lowest BCUT2D eigenvalue weighted by Gasteiger charge is -2.25. The smallest absolute Gasteiger partial charge is 0.319 e. The van der Waals surface area contributed by atoms with E-state index in [1.54, 1.807) is 18.2 Å². The maximum absolute atomic E-state index is 12.1. The largest absolute Gasteiger partial charge is 0.454 e. The predicted octanol–water partition coefficient (Wildman–Crippen LogP) is 3.51. The molecule has 0 atom stereocenters. The number of fused-ring (bicyclic) bond motifs is 1. The number of urea groups is 1. The van der Waals surface area contributed by atoms with Crippen LogP contribution in [0.1, 0.15) is 19.4 Å². The fourth-order valence-corrected chi connectivity index (χ4v) is 2.44. The summed E-state index contributed by atoms with van der Waals surface area (Å²) in [5, 5.41) is 5.73. The standard InChI is InChI=1S/C18H20N2O3/c1-18(2,13-6-4-3-5-7-13)11-19-17(21)20-14-8-9-15-16(10-14)23-12-22-15/h3-10H,11-12H2,1-2H3,(H2,19,20,21). The van der Waals surface area contributed by atoms with Crippen LogP contribution in [0, 0.1) is 0 Å². The van der Waals surface area contributed by atoms with Crippen molar-refractivity contribution in [1.29, 1.82) is 0 Å². The highest BCUT2D eigenvalue weighted by Crippen LogP contribution is 2.34. The first-order chi connectivity index (χ1) is 11.0. The molecule has 2 aromatic carbocycles. The predicted molar refractivity (Wildman–Crippen MR) is 89.1 cm³/mol.